The van der Waals surface area contributed by atoms with Crippen LogP contribution in [-0.2, 0) is 51.0 Å². The van der Waals surface area contributed by atoms with Gasteiger partial charge in [-0.05, 0) is 11.8 Å². The lowest BCUT2D eigenvalue weighted by molar-refractivity contribution is -0.130. The number of nitrogen functional groups attached to an aromatic ring is 1. The van der Waals surface area contributed by atoms with Gasteiger partial charge in [0.05, 0.1) is 25.6 Å². The zero-order valence-corrected chi connectivity index (χ0v) is 26.5. The average Bonchev–Trinajstić information content (AvgIpc) is 3.72. The number of rotatable bonds is 2. The summed E-state index contributed by atoms with van der Waals surface area (Å²) in [5.41, 5.74) is 2.35. The highest BCUT2D eigenvalue weighted by Crippen LogP contribution is 2.62. The summed E-state index contributed by atoms with van der Waals surface area (Å²) in [5, 5.41) is 11.2. The van der Waals surface area contributed by atoms with Gasteiger partial charge in [0.25, 0.3) is 5.56 Å². The van der Waals surface area contributed by atoms with Gasteiger partial charge in [-0.1, -0.05) is 24.5 Å². The number of fused-ring (bicyclic) bond motifs is 5. The molecule has 236 valence electrons. The van der Waals surface area contributed by atoms with Gasteiger partial charge in [0.15, 0.2) is 47.5 Å². The number of ether oxygens (including phenoxy) is 2. The lowest BCUT2D eigenvalue weighted by Crippen LogP contribution is -2.37. The monoisotopic (exact) mass is 709 g/mol. The summed E-state index contributed by atoms with van der Waals surface area (Å²) in [6.07, 6.45) is -7.24. The molecule has 0 radical (unpaired) electrons. The Morgan fingerprint density at radius 1 is 1.00 bits per heavy atom. The number of aliphatic hydroxyl groups excluding tert-OH is 1. The van der Waals surface area contributed by atoms with Crippen molar-refractivity contribution in [1.82, 2.24) is 38.6 Å². The van der Waals surface area contributed by atoms with Crippen LogP contribution in [-0.4, -0.2) is 87.2 Å². The number of anilines is 1. The maximum absolute atomic E-state index is 16.1. The van der Waals surface area contributed by atoms with Gasteiger partial charge in [-0.25, -0.2) is 33.9 Å². The molecular formula is C20H22FN9O9P2S3. The average molecular weight is 710 g/mol. The zero-order chi connectivity index (χ0) is 31.1. The highest BCUT2D eigenvalue weighted by atomic mass is 32.9. The molecule has 3 N–H and O–H groups in total. The highest BCUT2D eigenvalue weighted by Gasteiger charge is 2.55. The van der Waals surface area contributed by atoms with E-state index >= 15 is 4.39 Å². The predicted molar refractivity (Wildman–Crippen MR) is 158 cm³/mol. The second-order valence-electron chi connectivity index (χ2n) is 9.94. The minimum absolute atomic E-state index is 0.00668. The van der Waals surface area contributed by atoms with Crippen LogP contribution in [0.5, 0.6) is 0 Å². The topological polar surface area (TPSA) is 215 Å². The third-order valence-corrected chi connectivity index (χ3v) is 10.9. The molecule has 0 amide bonds. The summed E-state index contributed by atoms with van der Waals surface area (Å²) < 4.78 is 68.1. The van der Waals surface area contributed by atoms with E-state index in [2.05, 4.69) is 49.4 Å². The van der Waals surface area contributed by atoms with Crippen molar-refractivity contribution in [3.8, 4) is 0 Å². The number of aliphatic hydroxyl groups is 1. The molecule has 3 aliphatic heterocycles. The van der Waals surface area contributed by atoms with Gasteiger partial charge >= 0.3 is 6.80 Å². The SMILES string of the molecule is Cn1cnc2c(ncn2[C@@H]2O[C@@H]3O[P@](=O)(S)O[C@H]4[C@@H](F)[C@H](n5cnc6c(N)ncnc65)O[C@@H]4CO[P@](=S)(S)O[C@@H]2[C@@H]3O)c1=O. The zero-order valence-electron chi connectivity index (χ0n) is 22.1. The molecule has 0 saturated carbocycles. The summed E-state index contributed by atoms with van der Waals surface area (Å²) in [6.45, 7) is -4.95. The van der Waals surface area contributed by atoms with Crippen LogP contribution >= 0.6 is 37.0 Å². The second-order valence-corrected chi connectivity index (χ2v) is 18.0. The molecule has 24 heteroatoms. The van der Waals surface area contributed by atoms with Gasteiger partial charge in [0, 0.05) is 7.05 Å². The summed E-state index contributed by atoms with van der Waals surface area (Å²) >= 11 is 13.9. The molecule has 10 atom stereocenters. The third kappa shape index (κ3) is 5.19. The van der Waals surface area contributed by atoms with Gasteiger partial charge in [0.1, 0.15) is 36.3 Å². The molecule has 7 rings (SSSR count). The molecule has 0 aliphatic carbocycles. The van der Waals surface area contributed by atoms with Crippen LogP contribution in [0.3, 0.4) is 0 Å². The Hall–Kier alpha value is -2.07. The molecule has 0 unspecified atom stereocenters. The van der Waals surface area contributed by atoms with E-state index in [1.54, 1.807) is 0 Å². The smallest absolute Gasteiger partial charge is 0.385 e. The lowest BCUT2D eigenvalue weighted by Gasteiger charge is -2.29. The number of halogens is 1. The number of aromatic nitrogens is 8. The molecule has 0 aromatic carbocycles. The highest BCUT2D eigenvalue weighted by molar-refractivity contribution is 8.60. The Morgan fingerprint density at radius 2 is 1.70 bits per heavy atom. The van der Waals surface area contributed by atoms with Gasteiger partial charge in [-0.2, -0.15) is 0 Å². The summed E-state index contributed by atoms with van der Waals surface area (Å²) in [5.74, 6) is 0.0725. The van der Waals surface area contributed by atoms with E-state index in [0.29, 0.717) is 0 Å². The molecule has 2 bridgehead atoms. The van der Waals surface area contributed by atoms with E-state index < -0.39 is 74.0 Å². The molecule has 44 heavy (non-hydrogen) atoms. The van der Waals surface area contributed by atoms with Crippen molar-refractivity contribution < 1.29 is 41.6 Å². The molecule has 18 nitrogen and oxygen atoms in total. The van der Waals surface area contributed by atoms with Crippen LogP contribution < -0.4 is 11.3 Å². The molecule has 3 fully saturated rings. The molecule has 0 spiro atoms. The molecule has 4 aromatic heterocycles. The summed E-state index contributed by atoms with van der Waals surface area (Å²) in [6, 6.07) is 0. The van der Waals surface area contributed by atoms with Crippen LogP contribution in [0.1, 0.15) is 12.5 Å². The van der Waals surface area contributed by atoms with Gasteiger partial charge in [-0.3, -0.25) is 23.0 Å². The first-order valence-electron chi connectivity index (χ1n) is 12.6. The van der Waals surface area contributed by atoms with Crippen LogP contribution in [0.15, 0.2) is 30.1 Å². The number of nitrogens with zero attached hydrogens (tertiary/aromatic N) is 8. The van der Waals surface area contributed by atoms with Gasteiger partial charge in [-0.15, -0.1) is 0 Å². The van der Waals surface area contributed by atoms with Gasteiger partial charge < -0.3 is 33.9 Å². The molecule has 3 saturated heterocycles. The standard InChI is InChI=1S/C20H22FN9O9P2S3/c1-28-4-27-16-10(17(28)32)26-6-30(16)19-13-11(31)20(36-19)39-40(33,42)37-12-7(2-34-41(43,44)38-13)35-18(8(12)21)29-5-25-9-14(22)23-3-24-15(9)29/h3-8,11-13,18-20,31H,2H2,1H3,(H,33,42)(H,43,44)(H2,22,23,24)/t7-,8-,11+,12-,13-,18-,19-,20-,40-/m1/s1. The number of hydrogen-bond donors (Lipinski definition) is 4. The van der Waals surface area contributed by atoms with Crippen molar-refractivity contribution in [3.63, 3.8) is 0 Å². The number of alkyl halides is 1. The summed E-state index contributed by atoms with van der Waals surface area (Å²) in [7, 11) is 1.50. The number of thiol groups is 2. The van der Waals surface area contributed by atoms with E-state index in [-0.39, 0.29) is 28.1 Å². The summed E-state index contributed by atoms with van der Waals surface area (Å²) in [4.78, 5) is 33.0. The molecular weight excluding hydrogens is 687 g/mol. The van der Waals surface area contributed by atoms with E-state index in [0.717, 1.165) is 0 Å². The Kier molecular flexibility index (Phi) is 7.66. The number of imidazole rings is 2. The van der Waals surface area contributed by atoms with E-state index in [9.17, 15) is 14.5 Å². The largest absolute Gasteiger partial charge is 0.388 e. The fraction of sp³-hybridized carbons (Fsp3) is 0.500. The van der Waals surface area contributed by atoms with Crippen molar-refractivity contribution in [2.24, 2.45) is 7.05 Å². The molecule has 3 aliphatic rings. The molecule has 4 aromatic rings. The van der Waals surface area contributed by atoms with Crippen molar-refractivity contribution in [3.05, 3.63) is 35.7 Å². The Morgan fingerprint density at radius 3 is 2.48 bits per heavy atom. The maximum atomic E-state index is 16.1. The predicted octanol–water partition coefficient (Wildman–Crippen LogP) is 1.01. The van der Waals surface area contributed by atoms with E-state index in [1.165, 1.54) is 46.1 Å². The Bertz CT molecular complexity index is 1930. The first-order valence-corrected chi connectivity index (χ1v) is 19.1. The number of aryl methyl sites for hydroxylation is 1. The van der Waals surface area contributed by atoms with Crippen LogP contribution in [0.25, 0.3) is 22.3 Å². The second kappa shape index (κ2) is 11.0. The maximum Gasteiger partial charge on any atom is 0.388 e. The normalized spacial score (nSPS) is 38.0. The number of nitrogens with two attached hydrogens (primary N) is 1. The molecule has 7 heterocycles. The van der Waals surface area contributed by atoms with Crippen molar-refractivity contribution >= 4 is 76.9 Å². The first-order chi connectivity index (χ1) is 20.8. The number of hydrogen-bond acceptors (Lipinski definition) is 16. The van der Waals surface area contributed by atoms with Crippen LogP contribution in [0.4, 0.5) is 10.2 Å². The lowest BCUT2D eigenvalue weighted by atomic mass is 10.1. The first kappa shape index (κ1) is 30.6. The van der Waals surface area contributed by atoms with Gasteiger partial charge in [0.2, 0.25) is 5.69 Å². The fourth-order valence-corrected chi connectivity index (χ4v) is 8.71. The van der Waals surface area contributed by atoms with Crippen molar-refractivity contribution in [1.29, 1.82) is 0 Å². The fourth-order valence-electron chi connectivity index (χ4n) is 5.12. The minimum Gasteiger partial charge on any atom is -0.385 e. The van der Waals surface area contributed by atoms with E-state index in [1.807, 2.05) is 0 Å². The van der Waals surface area contributed by atoms with E-state index in [4.69, 9.17) is 45.1 Å². The Balaban J connectivity index is 1.22. The minimum atomic E-state index is -4.51. The van der Waals surface area contributed by atoms with Crippen molar-refractivity contribution in [2.45, 2.75) is 49.3 Å². The van der Waals surface area contributed by atoms with Crippen LogP contribution in [0, 0.1) is 0 Å². The van der Waals surface area contributed by atoms with Crippen molar-refractivity contribution in [2.75, 3.05) is 12.3 Å². The Labute approximate surface area is 261 Å². The third-order valence-electron chi connectivity index (χ3n) is 7.17. The van der Waals surface area contributed by atoms with Crippen LogP contribution in [0.2, 0.25) is 0 Å². The quantitative estimate of drug-likeness (QED) is 0.169.